The molecule has 1 heterocycles. The monoisotopic (exact) mass is 440 g/mol. The summed E-state index contributed by atoms with van der Waals surface area (Å²) in [5, 5.41) is 14.4. The summed E-state index contributed by atoms with van der Waals surface area (Å²) >= 11 is 3.71. The van der Waals surface area contributed by atoms with Crippen molar-refractivity contribution in [1.82, 2.24) is 5.01 Å². The van der Waals surface area contributed by atoms with E-state index in [0.29, 0.717) is 26.2 Å². The predicted octanol–water partition coefficient (Wildman–Crippen LogP) is 2.85. The summed E-state index contributed by atoms with van der Waals surface area (Å²) < 4.78 is 57.9. The standard InChI is InChI=1S/C14H13BrF4N4OS/c15-12-4-3-11(25-12)14(18,19)13(24,6-23(21)7-22-20)9-2-1-8(16)5-10(9)17/h1-5,7,24H,6,20-21H2/b22-7-. The third kappa shape index (κ3) is 3.78. The van der Waals surface area contributed by atoms with Crippen LogP contribution in [0.5, 0.6) is 0 Å². The zero-order valence-corrected chi connectivity index (χ0v) is 14.9. The van der Waals surface area contributed by atoms with E-state index >= 15 is 8.78 Å². The number of hydrogen-bond donors (Lipinski definition) is 3. The fraction of sp³-hybridized carbons (Fsp3) is 0.214. The summed E-state index contributed by atoms with van der Waals surface area (Å²) in [6.07, 6.45) is 0.785. The molecule has 0 aliphatic carbocycles. The van der Waals surface area contributed by atoms with Crippen molar-refractivity contribution >= 4 is 33.6 Å². The Balaban J connectivity index is 2.62. The molecule has 1 aromatic heterocycles. The van der Waals surface area contributed by atoms with Crippen molar-refractivity contribution in [3.8, 4) is 0 Å². The molecule has 136 valence electrons. The predicted molar refractivity (Wildman–Crippen MR) is 89.7 cm³/mol. The summed E-state index contributed by atoms with van der Waals surface area (Å²) in [4.78, 5) is -0.538. The van der Waals surface area contributed by atoms with E-state index in [1.165, 1.54) is 6.07 Å². The van der Waals surface area contributed by atoms with E-state index in [1.54, 1.807) is 0 Å². The highest BCUT2D eigenvalue weighted by atomic mass is 79.9. The van der Waals surface area contributed by atoms with Gasteiger partial charge in [0.1, 0.15) is 18.0 Å². The van der Waals surface area contributed by atoms with Gasteiger partial charge in [-0.1, -0.05) is 0 Å². The average Bonchev–Trinajstić information content (AvgIpc) is 2.94. The van der Waals surface area contributed by atoms with Gasteiger partial charge in [0.25, 0.3) is 0 Å². The summed E-state index contributed by atoms with van der Waals surface area (Å²) in [5.74, 6) is 4.12. The Bertz CT molecular complexity index is 788. The van der Waals surface area contributed by atoms with Gasteiger partial charge in [0.2, 0.25) is 0 Å². The number of nitrogens with two attached hydrogens (primary N) is 2. The molecular weight excluding hydrogens is 428 g/mol. The lowest BCUT2D eigenvalue weighted by Crippen LogP contribution is -2.53. The Kier molecular flexibility index (Phi) is 5.72. The Morgan fingerprint density at radius 2 is 1.96 bits per heavy atom. The maximum absolute atomic E-state index is 15.1. The van der Waals surface area contributed by atoms with Crippen LogP contribution in [0.25, 0.3) is 0 Å². The van der Waals surface area contributed by atoms with E-state index < -0.39 is 40.1 Å². The van der Waals surface area contributed by atoms with Crippen LogP contribution < -0.4 is 11.7 Å². The van der Waals surface area contributed by atoms with Crippen LogP contribution in [0.4, 0.5) is 17.6 Å². The third-order valence-corrected chi connectivity index (χ3v) is 5.10. The van der Waals surface area contributed by atoms with Gasteiger partial charge in [-0.05, 0) is 40.2 Å². The molecule has 0 bridgehead atoms. The molecule has 1 atom stereocenters. The molecule has 0 spiro atoms. The van der Waals surface area contributed by atoms with E-state index in [9.17, 15) is 13.9 Å². The SMILES string of the molecule is N/N=C\N(N)CC(O)(c1ccc(F)cc1F)C(F)(F)c1ccc(Br)s1. The molecule has 0 aliphatic rings. The lowest BCUT2D eigenvalue weighted by Gasteiger charge is -2.37. The number of rotatable bonds is 6. The molecule has 5 N–H and O–H groups in total. The molecule has 0 saturated heterocycles. The number of hydrogen-bond acceptors (Lipinski definition) is 5. The molecule has 0 aliphatic heterocycles. The second-order valence-electron chi connectivity index (χ2n) is 5.10. The van der Waals surface area contributed by atoms with E-state index in [4.69, 9.17) is 11.7 Å². The number of alkyl halides is 2. The molecule has 0 saturated carbocycles. The zero-order valence-electron chi connectivity index (χ0n) is 12.5. The normalized spacial score (nSPS) is 14.7. The Hall–Kier alpha value is -1.69. The van der Waals surface area contributed by atoms with E-state index in [2.05, 4.69) is 21.0 Å². The van der Waals surface area contributed by atoms with Gasteiger partial charge in [0, 0.05) is 11.6 Å². The van der Waals surface area contributed by atoms with Gasteiger partial charge in [-0.3, -0.25) is 5.01 Å². The van der Waals surface area contributed by atoms with E-state index in [-0.39, 0.29) is 0 Å². The molecule has 5 nitrogen and oxygen atoms in total. The molecule has 1 unspecified atom stereocenters. The minimum absolute atomic E-state index is 0.386. The van der Waals surface area contributed by atoms with Gasteiger partial charge in [0.05, 0.1) is 15.2 Å². The van der Waals surface area contributed by atoms with Crippen LogP contribution in [-0.4, -0.2) is 23.0 Å². The largest absolute Gasteiger partial charge is 0.377 e. The average molecular weight is 441 g/mol. The van der Waals surface area contributed by atoms with Crippen molar-refractivity contribution in [2.75, 3.05) is 6.54 Å². The highest BCUT2D eigenvalue weighted by Gasteiger charge is 2.57. The van der Waals surface area contributed by atoms with Gasteiger partial charge in [0.15, 0.2) is 5.60 Å². The highest BCUT2D eigenvalue weighted by molar-refractivity contribution is 9.11. The highest BCUT2D eigenvalue weighted by Crippen LogP contribution is 2.49. The number of benzene rings is 1. The van der Waals surface area contributed by atoms with Crippen LogP contribution in [-0.2, 0) is 11.5 Å². The number of nitrogens with zero attached hydrogens (tertiary/aromatic N) is 2. The Morgan fingerprint density at radius 1 is 1.28 bits per heavy atom. The minimum atomic E-state index is -3.96. The molecular formula is C14H13BrF4N4OS. The smallest absolute Gasteiger partial charge is 0.316 e. The van der Waals surface area contributed by atoms with Gasteiger partial charge in [-0.15, -0.1) is 11.3 Å². The number of hydrazine groups is 1. The number of halogens is 5. The molecule has 11 heteroatoms. The van der Waals surface area contributed by atoms with Crippen molar-refractivity contribution < 1.29 is 22.7 Å². The first-order valence-corrected chi connectivity index (χ1v) is 8.29. The van der Waals surface area contributed by atoms with Gasteiger partial charge >= 0.3 is 5.92 Å². The lowest BCUT2D eigenvalue weighted by molar-refractivity contribution is -0.199. The second-order valence-corrected chi connectivity index (χ2v) is 7.56. The summed E-state index contributed by atoms with van der Waals surface area (Å²) in [6.45, 7) is -0.960. The van der Waals surface area contributed by atoms with Crippen molar-refractivity contribution in [3.05, 3.63) is 56.2 Å². The van der Waals surface area contributed by atoms with E-state index in [1.807, 2.05) is 0 Å². The molecule has 2 rings (SSSR count). The van der Waals surface area contributed by atoms with Gasteiger partial charge in [-0.25, -0.2) is 14.6 Å². The number of aliphatic hydroxyl groups is 1. The summed E-state index contributed by atoms with van der Waals surface area (Å²) in [7, 11) is 0. The summed E-state index contributed by atoms with van der Waals surface area (Å²) in [6, 6.07) is 4.35. The van der Waals surface area contributed by atoms with Crippen molar-refractivity contribution in [2.45, 2.75) is 11.5 Å². The first-order valence-electron chi connectivity index (χ1n) is 6.68. The van der Waals surface area contributed by atoms with Gasteiger partial charge in [-0.2, -0.15) is 13.9 Å². The maximum Gasteiger partial charge on any atom is 0.316 e. The van der Waals surface area contributed by atoms with Crippen LogP contribution in [0.1, 0.15) is 10.4 Å². The molecule has 0 fully saturated rings. The third-order valence-electron chi connectivity index (χ3n) is 3.41. The fourth-order valence-corrected chi connectivity index (χ4v) is 3.69. The van der Waals surface area contributed by atoms with Crippen molar-refractivity contribution in [3.63, 3.8) is 0 Å². The zero-order chi connectivity index (χ0) is 18.8. The minimum Gasteiger partial charge on any atom is -0.377 e. The molecule has 1 aromatic carbocycles. The van der Waals surface area contributed by atoms with Crippen LogP contribution in [0.15, 0.2) is 39.2 Å². The van der Waals surface area contributed by atoms with Crippen LogP contribution in [0.2, 0.25) is 0 Å². The number of hydrazone groups is 1. The quantitative estimate of drug-likeness (QED) is 0.212. The number of thiophene rings is 1. The fourth-order valence-electron chi connectivity index (χ4n) is 2.26. The molecule has 0 amide bonds. The Morgan fingerprint density at radius 3 is 2.48 bits per heavy atom. The van der Waals surface area contributed by atoms with Crippen LogP contribution in [0.3, 0.4) is 0 Å². The molecule has 0 radical (unpaired) electrons. The molecule has 2 aromatic rings. The maximum atomic E-state index is 15.1. The van der Waals surface area contributed by atoms with Crippen LogP contribution in [0, 0.1) is 11.6 Å². The summed E-state index contributed by atoms with van der Waals surface area (Å²) in [5.41, 5.74) is -3.94. The molecule has 25 heavy (non-hydrogen) atoms. The van der Waals surface area contributed by atoms with E-state index in [0.717, 1.165) is 24.5 Å². The second kappa shape index (κ2) is 7.28. The van der Waals surface area contributed by atoms with Gasteiger partial charge < -0.3 is 10.9 Å². The van der Waals surface area contributed by atoms with Crippen molar-refractivity contribution in [1.29, 1.82) is 0 Å². The first kappa shape index (κ1) is 19.6. The van der Waals surface area contributed by atoms with Crippen LogP contribution >= 0.6 is 27.3 Å². The topological polar surface area (TPSA) is 87.9 Å². The van der Waals surface area contributed by atoms with Crippen molar-refractivity contribution in [2.24, 2.45) is 16.8 Å². The Labute approximate surface area is 152 Å². The first-order chi connectivity index (χ1) is 11.6. The lowest BCUT2D eigenvalue weighted by atomic mass is 9.85.